The van der Waals surface area contributed by atoms with Gasteiger partial charge < -0.3 is 5.11 Å². The van der Waals surface area contributed by atoms with Crippen LogP contribution < -0.4 is 0 Å². The van der Waals surface area contributed by atoms with Gasteiger partial charge in [-0.2, -0.15) is 4.31 Å². The summed E-state index contributed by atoms with van der Waals surface area (Å²) in [6.07, 6.45) is 0.294. The van der Waals surface area contributed by atoms with Gasteiger partial charge in [-0.25, -0.2) is 16.8 Å². The Morgan fingerprint density at radius 3 is 2.55 bits per heavy atom. The average Bonchev–Trinajstić information content (AvgIpc) is 2.60. The molecule has 112 valence electrons. The second-order valence-electron chi connectivity index (χ2n) is 4.68. The summed E-state index contributed by atoms with van der Waals surface area (Å²) < 4.78 is 49.4. The van der Waals surface area contributed by atoms with E-state index >= 15 is 0 Å². The van der Waals surface area contributed by atoms with Crippen molar-refractivity contribution in [1.29, 1.82) is 0 Å². The Bertz CT molecular complexity index is 682. The minimum atomic E-state index is -3.77. The lowest BCUT2D eigenvalue weighted by molar-refractivity contribution is 0.278. The molecule has 1 aliphatic heterocycles. The fourth-order valence-corrected chi connectivity index (χ4v) is 5.26. The lowest BCUT2D eigenvalue weighted by Gasteiger charge is -2.20. The van der Waals surface area contributed by atoms with Crippen molar-refractivity contribution in [2.24, 2.45) is 0 Å². The highest BCUT2D eigenvalue weighted by molar-refractivity contribution is 7.91. The second-order valence-corrected chi connectivity index (χ2v) is 8.89. The van der Waals surface area contributed by atoms with Crippen molar-refractivity contribution in [2.75, 3.05) is 24.6 Å². The van der Waals surface area contributed by atoms with Gasteiger partial charge in [-0.1, -0.05) is 18.2 Å². The first kappa shape index (κ1) is 15.4. The lowest BCUT2D eigenvalue weighted by Crippen LogP contribution is -2.34. The monoisotopic (exact) mass is 319 g/mol. The highest BCUT2D eigenvalue weighted by Gasteiger charge is 2.30. The van der Waals surface area contributed by atoms with Crippen molar-refractivity contribution in [2.45, 2.75) is 17.9 Å². The molecule has 1 fully saturated rings. The molecule has 0 bridgehead atoms. The number of nitrogens with zero attached hydrogens (tertiary/aromatic N) is 1. The van der Waals surface area contributed by atoms with Crippen LogP contribution in [-0.4, -0.2) is 50.8 Å². The summed E-state index contributed by atoms with van der Waals surface area (Å²) in [6.45, 7) is -0.229. The molecule has 20 heavy (non-hydrogen) atoms. The molecule has 0 saturated carbocycles. The number of aliphatic hydroxyl groups excluding tert-OH is 1. The first-order chi connectivity index (χ1) is 9.37. The Kier molecular flexibility index (Phi) is 4.48. The zero-order valence-electron chi connectivity index (χ0n) is 10.9. The second kappa shape index (κ2) is 5.80. The predicted molar refractivity (Wildman–Crippen MR) is 74.4 cm³/mol. The van der Waals surface area contributed by atoms with E-state index in [1.165, 1.54) is 10.4 Å². The minimum Gasteiger partial charge on any atom is -0.392 e. The molecular weight excluding hydrogens is 302 g/mol. The SMILES string of the molecule is O=S1(=O)CCCN(S(=O)(=O)c2ccccc2CO)CC1. The molecule has 1 aromatic carbocycles. The van der Waals surface area contributed by atoms with E-state index in [1.807, 2.05) is 0 Å². The highest BCUT2D eigenvalue weighted by Crippen LogP contribution is 2.22. The maximum Gasteiger partial charge on any atom is 0.243 e. The van der Waals surface area contributed by atoms with Gasteiger partial charge in [0, 0.05) is 13.1 Å². The molecule has 1 saturated heterocycles. The third-order valence-electron chi connectivity index (χ3n) is 3.28. The van der Waals surface area contributed by atoms with Gasteiger partial charge in [-0.15, -0.1) is 0 Å². The minimum absolute atomic E-state index is 0.0146. The molecule has 2 rings (SSSR count). The smallest absolute Gasteiger partial charge is 0.243 e. The van der Waals surface area contributed by atoms with Crippen LogP contribution in [-0.2, 0) is 26.5 Å². The molecule has 0 aromatic heterocycles. The number of aliphatic hydroxyl groups is 1. The molecule has 0 aliphatic carbocycles. The van der Waals surface area contributed by atoms with Crippen molar-refractivity contribution >= 4 is 19.9 Å². The van der Waals surface area contributed by atoms with Gasteiger partial charge in [0.1, 0.15) is 0 Å². The van der Waals surface area contributed by atoms with E-state index in [1.54, 1.807) is 18.2 Å². The van der Waals surface area contributed by atoms with E-state index in [2.05, 4.69) is 0 Å². The molecular formula is C12H17NO5S2. The van der Waals surface area contributed by atoms with Gasteiger partial charge in [-0.05, 0) is 18.1 Å². The summed E-state index contributed by atoms with van der Waals surface area (Å²) in [5.74, 6) is -0.145. The summed E-state index contributed by atoms with van der Waals surface area (Å²) >= 11 is 0. The first-order valence-corrected chi connectivity index (χ1v) is 9.52. The third kappa shape index (κ3) is 3.20. The summed E-state index contributed by atoms with van der Waals surface area (Å²) in [6, 6.07) is 6.21. The van der Waals surface area contributed by atoms with Crippen LogP contribution in [0.25, 0.3) is 0 Å². The largest absolute Gasteiger partial charge is 0.392 e. The maximum atomic E-state index is 12.6. The highest BCUT2D eigenvalue weighted by atomic mass is 32.2. The van der Waals surface area contributed by atoms with Crippen molar-refractivity contribution < 1.29 is 21.9 Å². The predicted octanol–water partition coefficient (Wildman–Crippen LogP) is -0.0119. The number of sulfonamides is 1. The fraction of sp³-hybridized carbons (Fsp3) is 0.500. The molecule has 0 amide bonds. The number of hydrogen-bond donors (Lipinski definition) is 1. The van der Waals surface area contributed by atoms with Crippen LogP contribution in [0.3, 0.4) is 0 Å². The van der Waals surface area contributed by atoms with Gasteiger partial charge in [-0.3, -0.25) is 0 Å². The van der Waals surface area contributed by atoms with E-state index in [9.17, 15) is 21.9 Å². The van der Waals surface area contributed by atoms with Crippen LogP contribution in [0.4, 0.5) is 0 Å². The molecule has 0 unspecified atom stereocenters. The van der Waals surface area contributed by atoms with Crippen molar-refractivity contribution in [3.8, 4) is 0 Å². The molecule has 8 heteroatoms. The zero-order valence-corrected chi connectivity index (χ0v) is 12.5. The summed E-state index contributed by atoms with van der Waals surface area (Å²) in [5, 5.41) is 9.24. The Labute approximate surface area is 119 Å². The van der Waals surface area contributed by atoms with E-state index in [0.717, 1.165) is 0 Å². The van der Waals surface area contributed by atoms with Crippen LogP contribution in [0.1, 0.15) is 12.0 Å². The molecule has 1 heterocycles. The van der Waals surface area contributed by atoms with Crippen LogP contribution in [0, 0.1) is 0 Å². The Hall–Kier alpha value is -0.960. The maximum absolute atomic E-state index is 12.6. The van der Waals surface area contributed by atoms with Crippen LogP contribution in [0.15, 0.2) is 29.2 Å². The molecule has 1 N–H and O–H groups in total. The number of hydrogen-bond acceptors (Lipinski definition) is 5. The van der Waals surface area contributed by atoms with Crippen molar-refractivity contribution in [1.82, 2.24) is 4.31 Å². The summed E-state index contributed by atoms with van der Waals surface area (Å²) in [7, 11) is -6.94. The average molecular weight is 319 g/mol. The topological polar surface area (TPSA) is 91.8 Å². The molecule has 1 aliphatic rings. The fourth-order valence-electron chi connectivity index (χ4n) is 2.18. The van der Waals surface area contributed by atoms with Gasteiger partial charge in [0.2, 0.25) is 10.0 Å². The van der Waals surface area contributed by atoms with E-state index < -0.39 is 19.9 Å². The van der Waals surface area contributed by atoms with E-state index in [0.29, 0.717) is 12.0 Å². The van der Waals surface area contributed by atoms with Crippen LogP contribution >= 0.6 is 0 Å². The Morgan fingerprint density at radius 1 is 1.15 bits per heavy atom. The zero-order chi connectivity index (χ0) is 14.8. The van der Waals surface area contributed by atoms with E-state index in [-0.39, 0.29) is 36.1 Å². The molecule has 0 spiro atoms. The van der Waals surface area contributed by atoms with Gasteiger partial charge in [0.25, 0.3) is 0 Å². The molecule has 6 nitrogen and oxygen atoms in total. The number of rotatable bonds is 3. The molecule has 0 atom stereocenters. The molecule has 0 radical (unpaired) electrons. The quantitative estimate of drug-likeness (QED) is 0.846. The Balaban J connectivity index is 2.35. The summed E-state index contributed by atoms with van der Waals surface area (Å²) in [4.78, 5) is 0.0433. The number of benzene rings is 1. The van der Waals surface area contributed by atoms with Crippen molar-refractivity contribution in [3.63, 3.8) is 0 Å². The van der Waals surface area contributed by atoms with Crippen molar-refractivity contribution in [3.05, 3.63) is 29.8 Å². The van der Waals surface area contributed by atoms with Gasteiger partial charge in [0.05, 0.1) is 23.0 Å². The first-order valence-electron chi connectivity index (χ1n) is 6.26. The van der Waals surface area contributed by atoms with Gasteiger partial charge in [0.15, 0.2) is 9.84 Å². The normalized spacial score (nSPS) is 20.4. The standard InChI is InChI=1S/C12H17NO5S2/c14-10-11-4-1-2-5-12(11)20(17,18)13-6-3-8-19(15,16)9-7-13/h1-2,4-5,14H,3,6-10H2. The Morgan fingerprint density at radius 2 is 1.85 bits per heavy atom. The van der Waals surface area contributed by atoms with E-state index in [4.69, 9.17) is 0 Å². The lowest BCUT2D eigenvalue weighted by atomic mass is 10.2. The summed E-state index contributed by atoms with van der Waals surface area (Å²) in [5.41, 5.74) is 0.319. The molecule has 1 aromatic rings. The van der Waals surface area contributed by atoms with Gasteiger partial charge >= 0.3 is 0 Å². The third-order valence-corrected chi connectivity index (χ3v) is 6.99. The van der Waals surface area contributed by atoms with Crippen LogP contribution in [0.2, 0.25) is 0 Å². The van der Waals surface area contributed by atoms with Crippen LogP contribution in [0.5, 0.6) is 0 Å². The number of sulfone groups is 1.